The van der Waals surface area contributed by atoms with E-state index in [-0.39, 0.29) is 11.6 Å². The average molecular weight is 371 g/mol. The highest BCUT2D eigenvalue weighted by molar-refractivity contribution is 5.75. The zero-order chi connectivity index (χ0) is 19.5. The molecule has 0 aliphatic heterocycles. The number of nitrogens with zero attached hydrogens (tertiary/aromatic N) is 1. The van der Waals surface area contributed by atoms with Crippen molar-refractivity contribution in [3.8, 4) is 22.3 Å². The van der Waals surface area contributed by atoms with Crippen LogP contribution in [0, 0.1) is 11.6 Å². The molecule has 0 radical (unpaired) electrons. The molecule has 0 atom stereocenters. The molecule has 0 amide bonds. The van der Waals surface area contributed by atoms with Crippen molar-refractivity contribution in [2.75, 3.05) is 11.9 Å². The van der Waals surface area contributed by atoms with Gasteiger partial charge in [-0.1, -0.05) is 78.9 Å². The van der Waals surface area contributed by atoms with Crippen LogP contribution in [0.15, 0.2) is 97.1 Å². The van der Waals surface area contributed by atoms with Crippen LogP contribution in [0.1, 0.15) is 0 Å². The summed E-state index contributed by atoms with van der Waals surface area (Å²) in [5.74, 6) is -0.761. The van der Waals surface area contributed by atoms with E-state index in [9.17, 15) is 4.39 Å². The molecule has 0 unspecified atom stereocenters. The molecule has 0 aliphatic carbocycles. The van der Waals surface area contributed by atoms with Crippen LogP contribution in [-0.4, -0.2) is 7.05 Å². The minimum atomic E-state index is -0.387. The maximum atomic E-state index is 15.3. The van der Waals surface area contributed by atoms with E-state index in [1.807, 2.05) is 54.6 Å². The summed E-state index contributed by atoms with van der Waals surface area (Å²) >= 11 is 0. The minimum absolute atomic E-state index is 0.328. The zero-order valence-corrected chi connectivity index (χ0v) is 15.4. The number of halogens is 2. The quantitative estimate of drug-likeness (QED) is 0.371. The second-order valence-electron chi connectivity index (χ2n) is 6.59. The van der Waals surface area contributed by atoms with Gasteiger partial charge in [0.25, 0.3) is 0 Å². The van der Waals surface area contributed by atoms with Crippen molar-refractivity contribution in [3.63, 3.8) is 0 Å². The lowest BCUT2D eigenvalue weighted by Gasteiger charge is -2.22. The standard InChI is InChI=1S/C25H19F2N/c1-28(23-12-6-5-11-22(23)26)24-13-7-10-21(25(24)27)20-16-14-19(15-17-20)18-8-3-2-4-9-18/h2-17H,1H3. The number of hydrogen-bond donors (Lipinski definition) is 0. The van der Waals surface area contributed by atoms with Crippen LogP contribution in [0.3, 0.4) is 0 Å². The van der Waals surface area contributed by atoms with E-state index < -0.39 is 0 Å². The monoisotopic (exact) mass is 371 g/mol. The van der Waals surface area contributed by atoms with Crippen molar-refractivity contribution in [1.82, 2.24) is 0 Å². The summed E-state index contributed by atoms with van der Waals surface area (Å²) in [6.45, 7) is 0. The van der Waals surface area contributed by atoms with Gasteiger partial charge in [0.1, 0.15) is 5.82 Å². The molecule has 0 saturated carbocycles. The fourth-order valence-electron chi connectivity index (χ4n) is 3.33. The molecule has 4 rings (SSSR count). The Morgan fingerprint density at radius 3 is 1.82 bits per heavy atom. The highest BCUT2D eigenvalue weighted by Crippen LogP contribution is 2.34. The smallest absolute Gasteiger partial charge is 0.154 e. The summed E-state index contributed by atoms with van der Waals surface area (Å²) in [5.41, 5.74) is 4.11. The van der Waals surface area contributed by atoms with E-state index in [1.165, 1.54) is 11.0 Å². The Labute approximate surface area is 163 Å². The maximum absolute atomic E-state index is 15.3. The maximum Gasteiger partial charge on any atom is 0.154 e. The summed E-state index contributed by atoms with van der Waals surface area (Å²) in [4.78, 5) is 1.53. The highest BCUT2D eigenvalue weighted by Gasteiger charge is 2.16. The molecule has 4 aromatic rings. The predicted octanol–water partition coefficient (Wildman–Crippen LogP) is 7.07. The van der Waals surface area contributed by atoms with Crippen LogP contribution in [0.5, 0.6) is 0 Å². The number of anilines is 2. The molecule has 0 aliphatic rings. The molecule has 1 nitrogen and oxygen atoms in total. The first-order chi connectivity index (χ1) is 13.6. The van der Waals surface area contributed by atoms with E-state index in [1.54, 1.807) is 43.4 Å². The van der Waals surface area contributed by atoms with Gasteiger partial charge in [-0.3, -0.25) is 0 Å². The van der Waals surface area contributed by atoms with Crippen molar-refractivity contribution in [2.45, 2.75) is 0 Å². The summed E-state index contributed by atoms with van der Waals surface area (Å²) in [6, 6.07) is 29.4. The van der Waals surface area contributed by atoms with E-state index in [4.69, 9.17) is 0 Å². The Bertz CT molecular complexity index is 1090. The Kier molecular flexibility index (Phi) is 4.90. The van der Waals surface area contributed by atoms with Crippen LogP contribution in [0.25, 0.3) is 22.3 Å². The first kappa shape index (κ1) is 17.9. The first-order valence-electron chi connectivity index (χ1n) is 9.08. The Balaban J connectivity index is 1.70. The summed E-state index contributed by atoms with van der Waals surface area (Å²) in [6.07, 6.45) is 0. The van der Waals surface area contributed by atoms with Crippen molar-refractivity contribution in [1.29, 1.82) is 0 Å². The normalized spacial score (nSPS) is 10.7. The third-order valence-electron chi connectivity index (χ3n) is 4.86. The number of hydrogen-bond acceptors (Lipinski definition) is 1. The minimum Gasteiger partial charge on any atom is -0.340 e. The van der Waals surface area contributed by atoms with Crippen LogP contribution >= 0.6 is 0 Å². The van der Waals surface area contributed by atoms with Crippen LogP contribution in [-0.2, 0) is 0 Å². The molecule has 3 heteroatoms. The Hall–Kier alpha value is -3.46. The topological polar surface area (TPSA) is 3.24 Å². The van der Waals surface area contributed by atoms with E-state index in [2.05, 4.69) is 0 Å². The predicted molar refractivity (Wildman–Crippen MR) is 112 cm³/mol. The lowest BCUT2D eigenvalue weighted by molar-refractivity contribution is 0.619. The molecule has 0 aromatic heterocycles. The van der Waals surface area contributed by atoms with E-state index >= 15 is 4.39 Å². The third-order valence-corrected chi connectivity index (χ3v) is 4.86. The fourth-order valence-corrected chi connectivity index (χ4v) is 3.33. The highest BCUT2D eigenvalue weighted by atomic mass is 19.1. The molecular weight excluding hydrogens is 352 g/mol. The molecule has 0 saturated heterocycles. The van der Waals surface area contributed by atoms with Gasteiger partial charge in [-0.2, -0.15) is 0 Å². The van der Waals surface area contributed by atoms with Crippen LogP contribution < -0.4 is 4.90 Å². The number of benzene rings is 4. The van der Waals surface area contributed by atoms with Crippen molar-refractivity contribution >= 4 is 11.4 Å². The molecular formula is C25H19F2N. The van der Waals surface area contributed by atoms with Gasteiger partial charge in [0, 0.05) is 12.6 Å². The Morgan fingerprint density at radius 1 is 0.536 bits per heavy atom. The van der Waals surface area contributed by atoms with Gasteiger partial charge < -0.3 is 4.90 Å². The second-order valence-corrected chi connectivity index (χ2v) is 6.59. The van der Waals surface area contributed by atoms with Crippen molar-refractivity contribution < 1.29 is 8.78 Å². The molecule has 0 fully saturated rings. The van der Waals surface area contributed by atoms with Crippen molar-refractivity contribution in [3.05, 3.63) is 109 Å². The summed E-state index contributed by atoms with van der Waals surface area (Å²) < 4.78 is 29.4. The van der Waals surface area contributed by atoms with Gasteiger partial charge in [-0.05, 0) is 34.9 Å². The van der Waals surface area contributed by atoms with E-state index in [0.717, 1.165) is 16.7 Å². The summed E-state index contributed by atoms with van der Waals surface area (Å²) in [7, 11) is 1.67. The molecule has 0 N–H and O–H groups in total. The molecule has 0 heterocycles. The molecule has 0 bridgehead atoms. The first-order valence-corrected chi connectivity index (χ1v) is 9.08. The number of para-hydroxylation sites is 1. The molecule has 0 spiro atoms. The summed E-state index contributed by atoms with van der Waals surface area (Å²) in [5, 5.41) is 0. The molecule has 28 heavy (non-hydrogen) atoms. The van der Waals surface area contributed by atoms with Crippen LogP contribution in [0.4, 0.5) is 20.2 Å². The van der Waals surface area contributed by atoms with Crippen LogP contribution in [0.2, 0.25) is 0 Å². The molecule has 138 valence electrons. The lowest BCUT2D eigenvalue weighted by Crippen LogP contribution is -2.13. The van der Waals surface area contributed by atoms with Gasteiger partial charge in [0.15, 0.2) is 5.82 Å². The van der Waals surface area contributed by atoms with Gasteiger partial charge in [0.2, 0.25) is 0 Å². The van der Waals surface area contributed by atoms with Gasteiger partial charge >= 0.3 is 0 Å². The van der Waals surface area contributed by atoms with Gasteiger partial charge in [-0.25, -0.2) is 8.78 Å². The SMILES string of the molecule is CN(c1ccccc1F)c1cccc(-c2ccc(-c3ccccc3)cc2)c1F. The number of rotatable bonds is 4. The fraction of sp³-hybridized carbons (Fsp3) is 0.0400. The largest absolute Gasteiger partial charge is 0.340 e. The zero-order valence-electron chi connectivity index (χ0n) is 15.4. The average Bonchev–Trinajstić information content (AvgIpc) is 2.75. The Morgan fingerprint density at radius 2 is 1.11 bits per heavy atom. The molecule has 4 aromatic carbocycles. The second kappa shape index (κ2) is 7.65. The van der Waals surface area contributed by atoms with Gasteiger partial charge in [-0.15, -0.1) is 0 Å². The van der Waals surface area contributed by atoms with Crippen molar-refractivity contribution in [2.24, 2.45) is 0 Å². The lowest BCUT2D eigenvalue weighted by atomic mass is 9.99. The van der Waals surface area contributed by atoms with E-state index in [0.29, 0.717) is 16.9 Å². The third kappa shape index (κ3) is 3.39. The van der Waals surface area contributed by atoms with Gasteiger partial charge in [0.05, 0.1) is 11.4 Å².